The molecule has 0 amide bonds. The van der Waals surface area contributed by atoms with Crippen molar-refractivity contribution in [2.45, 2.75) is 26.5 Å². The molecule has 0 aliphatic rings. The number of hydrogen-bond acceptors (Lipinski definition) is 3. The quantitative estimate of drug-likeness (QED) is 0.539. The fourth-order valence-electron chi connectivity index (χ4n) is 2.11. The van der Waals surface area contributed by atoms with E-state index < -0.39 is 5.97 Å². The molecule has 2 aromatic rings. The van der Waals surface area contributed by atoms with Gasteiger partial charge in [0.15, 0.2) is 0 Å². The van der Waals surface area contributed by atoms with Crippen molar-refractivity contribution in [2.75, 3.05) is 5.32 Å². The van der Waals surface area contributed by atoms with Crippen LogP contribution < -0.4 is 10.1 Å². The number of benzene rings is 2. The van der Waals surface area contributed by atoms with Crippen LogP contribution in [0.3, 0.4) is 0 Å². The standard InChI is InChI=1S/C17H16Br2ClNO3/c1-9(2)24-16-10(5-11(18)6-14(16)19)8-21-12-3-4-15(20)13(7-12)17(22)23/h3-7,9,21H,8H2,1-2H3,(H,22,23). The molecular weight excluding hydrogens is 461 g/mol. The van der Waals surface area contributed by atoms with Crippen LogP contribution in [0.4, 0.5) is 5.69 Å². The third-order valence-corrected chi connectivity index (χ3v) is 4.50. The SMILES string of the molecule is CC(C)Oc1c(Br)cc(Br)cc1CNc1ccc(Cl)c(C(=O)O)c1. The van der Waals surface area contributed by atoms with Gasteiger partial charge < -0.3 is 15.2 Å². The zero-order valence-electron chi connectivity index (χ0n) is 13.1. The van der Waals surface area contributed by atoms with E-state index in [1.807, 2.05) is 26.0 Å². The Bertz CT molecular complexity index is 766. The number of carboxylic acid groups (broad SMARTS) is 1. The number of hydrogen-bond donors (Lipinski definition) is 2. The number of anilines is 1. The van der Waals surface area contributed by atoms with E-state index in [2.05, 4.69) is 37.2 Å². The van der Waals surface area contributed by atoms with Crippen LogP contribution in [0.1, 0.15) is 29.8 Å². The van der Waals surface area contributed by atoms with E-state index in [0.717, 1.165) is 20.3 Å². The molecule has 0 spiro atoms. The number of aromatic carboxylic acids is 1. The van der Waals surface area contributed by atoms with E-state index in [0.29, 0.717) is 12.2 Å². The van der Waals surface area contributed by atoms with Crippen LogP contribution in [0, 0.1) is 0 Å². The lowest BCUT2D eigenvalue weighted by Gasteiger charge is -2.17. The van der Waals surface area contributed by atoms with Gasteiger partial charge in [0, 0.05) is 22.3 Å². The third-order valence-electron chi connectivity index (χ3n) is 3.12. The molecule has 2 aromatic carbocycles. The smallest absolute Gasteiger partial charge is 0.337 e. The number of carbonyl (C=O) groups is 1. The molecule has 0 saturated heterocycles. The van der Waals surface area contributed by atoms with Crippen molar-refractivity contribution in [1.29, 1.82) is 0 Å². The van der Waals surface area contributed by atoms with Crippen LogP contribution in [0.15, 0.2) is 39.3 Å². The minimum absolute atomic E-state index is 0.0374. The molecule has 0 aliphatic heterocycles. The van der Waals surface area contributed by atoms with Gasteiger partial charge in [-0.15, -0.1) is 0 Å². The highest BCUT2D eigenvalue weighted by molar-refractivity contribution is 9.11. The topological polar surface area (TPSA) is 58.6 Å². The van der Waals surface area contributed by atoms with E-state index in [4.69, 9.17) is 21.4 Å². The predicted octanol–water partition coefficient (Wildman–Crippen LogP) is 5.96. The number of carboxylic acids is 1. The van der Waals surface area contributed by atoms with Crippen molar-refractivity contribution < 1.29 is 14.6 Å². The second-order valence-electron chi connectivity index (χ2n) is 5.40. The van der Waals surface area contributed by atoms with E-state index in [1.54, 1.807) is 12.1 Å². The summed E-state index contributed by atoms with van der Waals surface area (Å²) in [5.74, 6) is -0.300. The number of nitrogens with one attached hydrogen (secondary N) is 1. The summed E-state index contributed by atoms with van der Waals surface area (Å²) in [7, 11) is 0. The van der Waals surface area contributed by atoms with Crippen molar-refractivity contribution in [2.24, 2.45) is 0 Å². The second-order valence-corrected chi connectivity index (χ2v) is 7.57. The monoisotopic (exact) mass is 475 g/mol. The summed E-state index contributed by atoms with van der Waals surface area (Å²) in [5, 5.41) is 12.6. The van der Waals surface area contributed by atoms with Gasteiger partial charge in [0.05, 0.1) is 21.2 Å². The first kappa shape index (κ1) is 19.1. The van der Waals surface area contributed by atoms with Crippen molar-refractivity contribution in [1.82, 2.24) is 0 Å². The molecule has 0 aliphatic carbocycles. The number of rotatable bonds is 6. The fourth-order valence-corrected chi connectivity index (χ4v) is 3.71. The maximum Gasteiger partial charge on any atom is 0.337 e. The summed E-state index contributed by atoms with van der Waals surface area (Å²) < 4.78 is 7.65. The van der Waals surface area contributed by atoms with Gasteiger partial charge in [0.1, 0.15) is 5.75 Å². The minimum atomic E-state index is -1.06. The van der Waals surface area contributed by atoms with Gasteiger partial charge in [-0.1, -0.05) is 27.5 Å². The Morgan fingerprint density at radius 2 is 2.00 bits per heavy atom. The molecule has 0 heterocycles. The van der Waals surface area contributed by atoms with Gasteiger partial charge in [-0.2, -0.15) is 0 Å². The van der Waals surface area contributed by atoms with E-state index in [9.17, 15) is 4.79 Å². The summed E-state index contributed by atoms with van der Waals surface area (Å²) in [6.07, 6.45) is 0.0374. The molecule has 0 bridgehead atoms. The Hall–Kier alpha value is -1.24. The molecule has 0 fully saturated rings. The molecule has 0 aromatic heterocycles. The average Bonchev–Trinajstić information content (AvgIpc) is 2.48. The molecule has 7 heteroatoms. The predicted molar refractivity (Wildman–Crippen MR) is 103 cm³/mol. The lowest BCUT2D eigenvalue weighted by Crippen LogP contribution is -2.10. The molecule has 2 rings (SSSR count). The van der Waals surface area contributed by atoms with Crippen LogP contribution in [-0.2, 0) is 6.54 Å². The van der Waals surface area contributed by atoms with Crippen LogP contribution in [-0.4, -0.2) is 17.2 Å². The van der Waals surface area contributed by atoms with Crippen LogP contribution in [0.2, 0.25) is 5.02 Å². The molecule has 0 atom stereocenters. The molecule has 2 N–H and O–H groups in total. The van der Waals surface area contributed by atoms with Gasteiger partial charge >= 0.3 is 5.97 Å². The highest BCUT2D eigenvalue weighted by Gasteiger charge is 2.13. The third kappa shape index (κ3) is 4.88. The van der Waals surface area contributed by atoms with Crippen LogP contribution >= 0.6 is 43.5 Å². The van der Waals surface area contributed by atoms with Crippen molar-refractivity contribution in [3.05, 3.63) is 55.4 Å². The maximum absolute atomic E-state index is 11.2. The van der Waals surface area contributed by atoms with Gasteiger partial charge in [0.2, 0.25) is 0 Å². The van der Waals surface area contributed by atoms with Crippen molar-refractivity contribution in [3.8, 4) is 5.75 Å². The summed E-state index contributed by atoms with van der Waals surface area (Å²) in [5.41, 5.74) is 1.68. The highest BCUT2D eigenvalue weighted by Crippen LogP contribution is 2.34. The van der Waals surface area contributed by atoms with Gasteiger partial charge in [-0.3, -0.25) is 0 Å². The molecule has 128 valence electrons. The summed E-state index contributed by atoms with van der Waals surface area (Å²) >= 11 is 12.9. The summed E-state index contributed by atoms with van der Waals surface area (Å²) in [6.45, 7) is 4.40. The van der Waals surface area contributed by atoms with Crippen molar-refractivity contribution in [3.63, 3.8) is 0 Å². The Morgan fingerprint density at radius 1 is 1.29 bits per heavy atom. The van der Waals surface area contributed by atoms with E-state index >= 15 is 0 Å². The van der Waals surface area contributed by atoms with Gasteiger partial charge in [-0.05, 0) is 60.1 Å². The lowest BCUT2D eigenvalue weighted by atomic mass is 10.1. The average molecular weight is 478 g/mol. The Labute approximate surface area is 162 Å². The normalized spacial score (nSPS) is 10.8. The molecule has 0 unspecified atom stereocenters. The summed E-state index contributed by atoms with van der Waals surface area (Å²) in [6, 6.07) is 8.71. The minimum Gasteiger partial charge on any atom is -0.489 e. The van der Waals surface area contributed by atoms with Gasteiger partial charge in [-0.25, -0.2) is 4.79 Å². The molecule has 4 nitrogen and oxygen atoms in total. The largest absolute Gasteiger partial charge is 0.489 e. The number of ether oxygens (including phenoxy) is 1. The zero-order chi connectivity index (χ0) is 17.9. The number of halogens is 3. The van der Waals surface area contributed by atoms with E-state index in [1.165, 1.54) is 6.07 Å². The Kier molecular flexibility index (Phi) is 6.54. The Balaban J connectivity index is 2.26. The fraction of sp³-hybridized carbons (Fsp3) is 0.235. The molecule has 0 saturated carbocycles. The molecule has 24 heavy (non-hydrogen) atoms. The lowest BCUT2D eigenvalue weighted by molar-refractivity contribution is 0.0697. The Morgan fingerprint density at radius 3 is 2.62 bits per heavy atom. The second kappa shape index (κ2) is 8.23. The molecule has 0 radical (unpaired) electrons. The first-order valence-corrected chi connectivity index (χ1v) is 9.15. The van der Waals surface area contributed by atoms with Crippen molar-refractivity contribution >= 4 is 55.1 Å². The first-order chi connectivity index (χ1) is 11.3. The van der Waals surface area contributed by atoms with E-state index in [-0.39, 0.29) is 16.7 Å². The van der Waals surface area contributed by atoms with Crippen LogP contribution in [0.5, 0.6) is 5.75 Å². The highest BCUT2D eigenvalue weighted by atomic mass is 79.9. The first-order valence-electron chi connectivity index (χ1n) is 7.19. The summed E-state index contributed by atoms with van der Waals surface area (Å²) in [4.78, 5) is 11.2. The van der Waals surface area contributed by atoms with Crippen LogP contribution in [0.25, 0.3) is 0 Å². The maximum atomic E-state index is 11.2. The molecular formula is C17H16Br2ClNO3. The van der Waals surface area contributed by atoms with Gasteiger partial charge in [0.25, 0.3) is 0 Å². The zero-order valence-corrected chi connectivity index (χ0v) is 17.0.